The fourth-order valence-corrected chi connectivity index (χ4v) is 1.33. The fourth-order valence-electron chi connectivity index (χ4n) is 0.985. The number of carbonyl (C=O) groups is 1. The molecule has 0 saturated carbocycles. The van der Waals surface area contributed by atoms with Crippen LogP contribution in [0.5, 0.6) is 5.75 Å². The van der Waals surface area contributed by atoms with Crippen molar-refractivity contribution in [1.29, 1.82) is 0 Å². The van der Waals surface area contributed by atoms with Gasteiger partial charge < -0.3 is 9.47 Å². The minimum Gasteiger partial charge on any atom is -0.480 e. The summed E-state index contributed by atoms with van der Waals surface area (Å²) >= 11 is 3.26. The number of hydrogen-bond donors (Lipinski definition) is 0. The van der Waals surface area contributed by atoms with Crippen LogP contribution in [0.15, 0.2) is 22.9 Å². The number of aromatic nitrogens is 1. The zero-order chi connectivity index (χ0) is 12.2. The highest BCUT2D eigenvalue weighted by Gasteiger charge is 2.16. The summed E-state index contributed by atoms with van der Waals surface area (Å²) in [6, 6.07) is 1.73. The number of rotatable bonds is 3. The molecule has 1 aromatic rings. The zero-order valence-electron chi connectivity index (χ0n) is 9.49. The van der Waals surface area contributed by atoms with E-state index in [1.807, 2.05) is 20.8 Å². The summed E-state index contributed by atoms with van der Waals surface area (Å²) in [5.74, 6) is 0.132. The van der Waals surface area contributed by atoms with Crippen LogP contribution in [0.25, 0.3) is 0 Å². The molecule has 5 heteroatoms. The third kappa shape index (κ3) is 5.11. The molecule has 0 amide bonds. The summed E-state index contributed by atoms with van der Waals surface area (Å²) < 4.78 is 11.1. The second-order valence-electron chi connectivity index (χ2n) is 4.21. The zero-order valence-corrected chi connectivity index (χ0v) is 11.1. The van der Waals surface area contributed by atoms with Crippen LogP contribution >= 0.6 is 15.9 Å². The highest BCUT2D eigenvalue weighted by molar-refractivity contribution is 9.10. The Bertz CT molecular complexity index is 374. The second-order valence-corrected chi connectivity index (χ2v) is 5.13. The van der Waals surface area contributed by atoms with Crippen LogP contribution in [-0.2, 0) is 9.53 Å². The molecule has 0 aromatic carbocycles. The first-order valence-electron chi connectivity index (χ1n) is 4.82. The van der Waals surface area contributed by atoms with Gasteiger partial charge in [0, 0.05) is 10.7 Å². The number of nitrogens with zero attached hydrogens (tertiary/aromatic N) is 1. The first-order chi connectivity index (χ1) is 7.37. The lowest BCUT2D eigenvalue weighted by molar-refractivity contribution is -0.157. The van der Waals surface area contributed by atoms with Crippen molar-refractivity contribution in [2.24, 2.45) is 0 Å². The van der Waals surface area contributed by atoms with E-state index in [0.29, 0.717) is 5.75 Å². The highest BCUT2D eigenvalue weighted by Crippen LogP contribution is 2.16. The minimum absolute atomic E-state index is 0.116. The lowest BCUT2D eigenvalue weighted by atomic mass is 10.2. The van der Waals surface area contributed by atoms with E-state index in [0.717, 1.165) is 4.47 Å². The van der Waals surface area contributed by atoms with Crippen molar-refractivity contribution >= 4 is 21.9 Å². The number of esters is 1. The summed E-state index contributed by atoms with van der Waals surface area (Å²) in [5, 5.41) is 0. The van der Waals surface area contributed by atoms with E-state index in [-0.39, 0.29) is 6.61 Å². The quantitative estimate of drug-likeness (QED) is 0.802. The lowest BCUT2D eigenvalue weighted by Crippen LogP contribution is -2.27. The predicted molar refractivity (Wildman–Crippen MR) is 63.3 cm³/mol. The number of hydrogen-bond acceptors (Lipinski definition) is 4. The van der Waals surface area contributed by atoms with Crippen LogP contribution in [0.2, 0.25) is 0 Å². The van der Waals surface area contributed by atoms with Gasteiger partial charge in [-0.1, -0.05) is 0 Å². The molecule has 0 unspecified atom stereocenters. The van der Waals surface area contributed by atoms with Crippen LogP contribution in [-0.4, -0.2) is 23.2 Å². The molecular formula is C11H14BrNO3. The summed E-state index contributed by atoms with van der Waals surface area (Å²) in [7, 11) is 0. The first-order valence-corrected chi connectivity index (χ1v) is 5.61. The van der Waals surface area contributed by atoms with Gasteiger partial charge in [-0.3, -0.25) is 4.98 Å². The summed E-state index contributed by atoms with van der Waals surface area (Å²) in [6.07, 6.45) is 3.18. The molecular weight excluding hydrogens is 274 g/mol. The summed E-state index contributed by atoms with van der Waals surface area (Å²) in [5.41, 5.74) is -0.490. The molecule has 0 aliphatic carbocycles. The Morgan fingerprint density at radius 3 is 2.69 bits per heavy atom. The fraction of sp³-hybridized carbons (Fsp3) is 0.455. The largest absolute Gasteiger partial charge is 0.480 e. The average molecular weight is 288 g/mol. The van der Waals surface area contributed by atoms with Gasteiger partial charge in [-0.15, -0.1) is 0 Å². The molecule has 0 aliphatic heterocycles. The van der Waals surface area contributed by atoms with Gasteiger partial charge in [0.1, 0.15) is 11.4 Å². The van der Waals surface area contributed by atoms with Gasteiger partial charge >= 0.3 is 5.97 Å². The Morgan fingerprint density at radius 2 is 2.12 bits per heavy atom. The maximum atomic E-state index is 11.3. The molecule has 0 radical (unpaired) electrons. The Hall–Kier alpha value is -1.10. The number of ether oxygens (including phenoxy) is 2. The average Bonchev–Trinajstić information content (AvgIpc) is 2.12. The van der Waals surface area contributed by atoms with Gasteiger partial charge in [0.25, 0.3) is 0 Å². The van der Waals surface area contributed by atoms with Gasteiger partial charge in [0.05, 0.1) is 6.20 Å². The van der Waals surface area contributed by atoms with Gasteiger partial charge in [0.15, 0.2) is 6.61 Å². The standard InChI is InChI=1S/C11H14BrNO3/c1-11(2,3)16-10(14)7-15-9-4-8(12)5-13-6-9/h4-6H,7H2,1-3H3. The van der Waals surface area contributed by atoms with Crippen molar-refractivity contribution in [1.82, 2.24) is 4.98 Å². The molecule has 1 aromatic heterocycles. The molecule has 0 atom stereocenters. The third-order valence-corrected chi connectivity index (χ3v) is 1.89. The molecule has 0 saturated heterocycles. The van der Waals surface area contributed by atoms with Crippen molar-refractivity contribution in [3.63, 3.8) is 0 Å². The third-order valence-electron chi connectivity index (χ3n) is 1.46. The van der Waals surface area contributed by atoms with Gasteiger partial charge in [0.2, 0.25) is 0 Å². The maximum absolute atomic E-state index is 11.3. The minimum atomic E-state index is -0.490. The molecule has 0 aliphatic rings. The van der Waals surface area contributed by atoms with Crippen LogP contribution in [0.1, 0.15) is 20.8 Å². The molecule has 4 nitrogen and oxygen atoms in total. The normalized spacial score (nSPS) is 11.0. The molecule has 0 fully saturated rings. The van der Waals surface area contributed by atoms with Gasteiger partial charge in [-0.2, -0.15) is 0 Å². The first kappa shape index (κ1) is 13.0. The number of halogens is 1. The monoisotopic (exact) mass is 287 g/mol. The molecule has 1 heterocycles. The van der Waals surface area contributed by atoms with Gasteiger partial charge in [-0.05, 0) is 42.8 Å². The Balaban J connectivity index is 2.43. The van der Waals surface area contributed by atoms with Gasteiger partial charge in [-0.25, -0.2) is 4.79 Å². The van der Waals surface area contributed by atoms with E-state index in [4.69, 9.17) is 9.47 Å². The van der Waals surface area contributed by atoms with Crippen molar-refractivity contribution in [3.05, 3.63) is 22.9 Å². The van der Waals surface area contributed by atoms with E-state index in [1.54, 1.807) is 12.3 Å². The molecule has 16 heavy (non-hydrogen) atoms. The molecule has 0 N–H and O–H groups in total. The molecule has 88 valence electrons. The predicted octanol–water partition coefficient (Wildman–Crippen LogP) is 2.56. The van der Waals surface area contributed by atoms with E-state index >= 15 is 0 Å². The Labute approximate surface area is 103 Å². The second kappa shape index (κ2) is 5.30. The molecule has 1 rings (SSSR count). The van der Waals surface area contributed by atoms with Crippen LogP contribution < -0.4 is 4.74 Å². The van der Waals surface area contributed by atoms with Crippen LogP contribution in [0.4, 0.5) is 0 Å². The van der Waals surface area contributed by atoms with E-state index in [9.17, 15) is 4.79 Å². The Morgan fingerprint density at radius 1 is 1.44 bits per heavy atom. The maximum Gasteiger partial charge on any atom is 0.344 e. The van der Waals surface area contributed by atoms with Crippen molar-refractivity contribution in [3.8, 4) is 5.75 Å². The molecule has 0 bridgehead atoms. The Kier molecular flexibility index (Phi) is 4.29. The van der Waals surface area contributed by atoms with Crippen molar-refractivity contribution < 1.29 is 14.3 Å². The smallest absolute Gasteiger partial charge is 0.344 e. The van der Waals surface area contributed by atoms with Crippen molar-refractivity contribution in [2.75, 3.05) is 6.61 Å². The van der Waals surface area contributed by atoms with Crippen LogP contribution in [0.3, 0.4) is 0 Å². The van der Waals surface area contributed by atoms with E-state index in [2.05, 4.69) is 20.9 Å². The summed E-state index contributed by atoms with van der Waals surface area (Å²) in [4.78, 5) is 15.3. The van der Waals surface area contributed by atoms with Crippen molar-refractivity contribution in [2.45, 2.75) is 26.4 Å². The topological polar surface area (TPSA) is 48.4 Å². The SMILES string of the molecule is CC(C)(C)OC(=O)COc1cncc(Br)c1. The summed E-state index contributed by atoms with van der Waals surface area (Å²) in [6.45, 7) is 5.32. The molecule has 0 spiro atoms. The van der Waals surface area contributed by atoms with E-state index in [1.165, 1.54) is 6.20 Å². The highest BCUT2D eigenvalue weighted by atomic mass is 79.9. The lowest BCUT2D eigenvalue weighted by Gasteiger charge is -2.19. The van der Waals surface area contributed by atoms with E-state index < -0.39 is 11.6 Å². The number of carbonyl (C=O) groups excluding carboxylic acids is 1. The van der Waals surface area contributed by atoms with Crippen LogP contribution in [0, 0.1) is 0 Å². The number of pyridine rings is 1.